The van der Waals surface area contributed by atoms with E-state index in [1.54, 1.807) is 0 Å². The molecular weight excluding hydrogens is 880 g/mol. The predicted octanol–water partition coefficient (Wildman–Crippen LogP) is 17.6. The van der Waals surface area contributed by atoms with Crippen LogP contribution in [0.1, 0.15) is 105 Å². The second kappa shape index (κ2) is 17.7. The van der Waals surface area contributed by atoms with Gasteiger partial charge in [0, 0.05) is 33.9 Å². The first kappa shape index (κ1) is 47.9. The molecule has 2 heterocycles. The Morgan fingerprint density at radius 1 is 0.274 bits per heavy atom. The van der Waals surface area contributed by atoms with E-state index in [0.717, 1.165) is 11.4 Å². The van der Waals surface area contributed by atoms with Gasteiger partial charge >= 0.3 is 0 Å². The summed E-state index contributed by atoms with van der Waals surface area (Å²) in [6.07, 6.45) is 0. The minimum absolute atomic E-state index is 0.0494. The molecular formula is C70H69BN2. The summed E-state index contributed by atoms with van der Waals surface area (Å²) >= 11 is 0. The Balaban J connectivity index is 1.32. The van der Waals surface area contributed by atoms with Crippen LogP contribution in [-0.2, 0) is 21.7 Å². The lowest BCUT2D eigenvalue weighted by Crippen LogP contribution is -2.61. The van der Waals surface area contributed by atoms with Gasteiger partial charge in [-0.05, 0) is 130 Å². The third-order valence-electron chi connectivity index (χ3n) is 15.4. The quantitative estimate of drug-likeness (QED) is 0.153. The third-order valence-corrected chi connectivity index (χ3v) is 15.4. The van der Waals surface area contributed by atoms with E-state index in [2.05, 4.69) is 293 Å². The summed E-state index contributed by atoms with van der Waals surface area (Å²) in [5.41, 5.74) is 25.9. The summed E-state index contributed by atoms with van der Waals surface area (Å²) in [5.74, 6) is 0. The molecule has 0 N–H and O–H groups in total. The molecule has 0 unspecified atom stereocenters. The van der Waals surface area contributed by atoms with Crippen molar-refractivity contribution in [1.29, 1.82) is 0 Å². The van der Waals surface area contributed by atoms with Crippen LogP contribution in [0.4, 0.5) is 34.1 Å². The minimum Gasteiger partial charge on any atom is -0.311 e. The van der Waals surface area contributed by atoms with Gasteiger partial charge in [0.2, 0.25) is 0 Å². The van der Waals surface area contributed by atoms with Gasteiger partial charge in [0.15, 0.2) is 0 Å². The van der Waals surface area contributed by atoms with Gasteiger partial charge < -0.3 is 9.80 Å². The zero-order chi connectivity index (χ0) is 51.2. The fourth-order valence-corrected chi connectivity index (χ4v) is 11.4. The van der Waals surface area contributed by atoms with E-state index in [-0.39, 0.29) is 28.4 Å². The van der Waals surface area contributed by atoms with Crippen molar-refractivity contribution < 1.29 is 0 Å². The maximum atomic E-state index is 2.62. The van der Waals surface area contributed by atoms with Crippen LogP contribution in [0.15, 0.2) is 200 Å². The van der Waals surface area contributed by atoms with Crippen molar-refractivity contribution in [2.24, 2.45) is 0 Å². The maximum Gasteiger partial charge on any atom is 0.252 e. The second-order valence-electron chi connectivity index (χ2n) is 24.7. The molecule has 2 nitrogen and oxygen atoms in total. The molecule has 11 rings (SSSR count). The van der Waals surface area contributed by atoms with Crippen LogP contribution < -0.4 is 26.2 Å². The number of fused-ring (bicyclic) bond motifs is 4. The summed E-state index contributed by atoms with van der Waals surface area (Å²) in [4.78, 5) is 5.24. The van der Waals surface area contributed by atoms with Crippen LogP contribution in [-0.4, -0.2) is 6.71 Å². The van der Waals surface area contributed by atoms with E-state index in [1.165, 1.54) is 106 Å². The van der Waals surface area contributed by atoms with Crippen LogP contribution >= 0.6 is 0 Å². The average Bonchev–Trinajstić information content (AvgIpc) is 3.37. The number of hydrogen-bond donors (Lipinski definition) is 0. The van der Waals surface area contributed by atoms with Gasteiger partial charge in [-0.2, -0.15) is 0 Å². The molecule has 0 aliphatic carbocycles. The molecule has 9 aromatic rings. The number of para-hydroxylation sites is 2. The van der Waals surface area contributed by atoms with E-state index in [0.29, 0.717) is 0 Å². The van der Waals surface area contributed by atoms with Gasteiger partial charge in [-0.25, -0.2) is 0 Å². The van der Waals surface area contributed by atoms with E-state index in [9.17, 15) is 0 Å². The SMILES string of the molecule is CC(C)(C)c1cc(-c2cc3c4c(c2)N(c2ccccc2-c2ccccc2)c2ccc(C(C)(C)C)cc2B4c2cc(-c4ccccc4C(C)(C)C)ccc2N3c2ccccc2-c2ccccc2)cc(C(C)(C)C)c1. The van der Waals surface area contributed by atoms with Crippen molar-refractivity contribution in [3.63, 3.8) is 0 Å². The van der Waals surface area contributed by atoms with E-state index in [1.807, 2.05) is 0 Å². The third kappa shape index (κ3) is 8.61. The van der Waals surface area contributed by atoms with Crippen molar-refractivity contribution in [2.75, 3.05) is 9.80 Å². The average molecular weight is 949 g/mol. The zero-order valence-corrected chi connectivity index (χ0v) is 45.0. The Hall–Kier alpha value is -7.36. The topological polar surface area (TPSA) is 6.48 Å². The summed E-state index contributed by atoms with van der Waals surface area (Å²) in [6.45, 7) is 28.0. The van der Waals surface area contributed by atoms with Crippen LogP contribution in [0.5, 0.6) is 0 Å². The predicted molar refractivity (Wildman–Crippen MR) is 317 cm³/mol. The first-order valence-corrected chi connectivity index (χ1v) is 26.4. The van der Waals surface area contributed by atoms with Crippen molar-refractivity contribution in [3.8, 4) is 44.5 Å². The Morgan fingerprint density at radius 3 is 1.19 bits per heavy atom. The summed E-state index contributed by atoms with van der Waals surface area (Å²) < 4.78 is 0. The van der Waals surface area contributed by atoms with Gasteiger partial charge in [0.1, 0.15) is 0 Å². The van der Waals surface area contributed by atoms with Gasteiger partial charge in [-0.3, -0.25) is 0 Å². The molecule has 0 bridgehead atoms. The normalized spacial score (nSPS) is 13.4. The number of anilines is 6. The molecule has 0 amide bonds. The standard InChI is InChI=1S/C70H69BN2/c1-67(2,3)51-36-38-63-59(45-51)71-58-41-48(54-29-19-22-32-57(54)70(10,11)12)35-37-62(58)72(60-33-23-20-30-55(60)46-25-15-13-16-26-46)64-42-50(49-39-52(68(4,5)6)44-53(40-49)69(7,8)9)43-65(66(64)71)73(63)61-34-24-21-31-56(61)47-27-17-14-18-28-47/h13-45H,1-12H3. The highest BCUT2D eigenvalue weighted by Crippen LogP contribution is 2.51. The molecule has 2 aliphatic heterocycles. The lowest BCUT2D eigenvalue weighted by atomic mass is 9.33. The number of benzene rings is 9. The van der Waals surface area contributed by atoms with Crippen molar-refractivity contribution in [1.82, 2.24) is 0 Å². The minimum atomic E-state index is -0.0839. The maximum absolute atomic E-state index is 2.62. The largest absolute Gasteiger partial charge is 0.311 e. The molecule has 0 aromatic heterocycles. The van der Waals surface area contributed by atoms with Crippen LogP contribution in [0.25, 0.3) is 44.5 Å². The van der Waals surface area contributed by atoms with Crippen molar-refractivity contribution >= 4 is 57.2 Å². The molecule has 3 heteroatoms. The monoisotopic (exact) mass is 949 g/mol. The molecule has 0 radical (unpaired) electrons. The fraction of sp³-hybridized carbons (Fsp3) is 0.229. The Labute approximate surface area is 436 Å². The lowest BCUT2D eigenvalue weighted by molar-refractivity contribution is 0.569. The Morgan fingerprint density at radius 2 is 0.699 bits per heavy atom. The van der Waals surface area contributed by atoms with Gasteiger partial charge in [0.05, 0.1) is 11.4 Å². The first-order valence-electron chi connectivity index (χ1n) is 26.4. The fourth-order valence-electron chi connectivity index (χ4n) is 11.4. The Bertz CT molecular complexity index is 3510. The van der Waals surface area contributed by atoms with Crippen LogP contribution in [0.2, 0.25) is 0 Å². The lowest BCUT2D eigenvalue weighted by Gasteiger charge is -2.45. The number of nitrogens with zero attached hydrogens (tertiary/aromatic N) is 2. The zero-order valence-electron chi connectivity index (χ0n) is 45.0. The molecule has 0 atom stereocenters. The number of rotatable bonds is 6. The van der Waals surface area contributed by atoms with Crippen molar-refractivity contribution in [3.05, 3.63) is 222 Å². The van der Waals surface area contributed by atoms with Crippen molar-refractivity contribution in [2.45, 2.75) is 105 Å². The van der Waals surface area contributed by atoms with E-state index < -0.39 is 0 Å². The highest BCUT2D eigenvalue weighted by atomic mass is 15.2. The van der Waals surface area contributed by atoms with Gasteiger partial charge in [-0.15, -0.1) is 0 Å². The van der Waals surface area contributed by atoms with E-state index in [4.69, 9.17) is 0 Å². The molecule has 0 saturated carbocycles. The molecule has 362 valence electrons. The highest BCUT2D eigenvalue weighted by Gasteiger charge is 2.45. The van der Waals surface area contributed by atoms with E-state index >= 15 is 0 Å². The Kier molecular flexibility index (Phi) is 11.6. The second-order valence-corrected chi connectivity index (χ2v) is 24.7. The summed E-state index contributed by atoms with van der Waals surface area (Å²) in [6, 6.07) is 76.2. The summed E-state index contributed by atoms with van der Waals surface area (Å²) in [7, 11) is 0. The molecule has 2 aliphatic rings. The molecule has 73 heavy (non-hydrogen) atoms. The molecule has 0 saturated heterocycles. The van der Waals surface area contributed by atoms with Crippen LogP contribution in [0.3, 0.4) is 0 Å². The van der Waals surface area contributed by atoms with Gasteiger partial charge in [0.25, 0.3) is 6.71 Å². The first-order chi connectivity index (χ1) is 34.8. The molecule has 9 aromatic carbocycles. The summed E-state index contributed by atoms with van der Waals surface area (Å²) in [5, 5.41) is 0. The highest BCUT2D eigenvalue weighted by molar-refractivity contribution is 7.00. The van der Waals surface area contributed by atoms with Gasteiger partial charge in [-0.1, -0.05) is 247 Å². The molecule has 0 fully saturated rings. The number of hydrogen-bond acceptors (Lipinski definition) is 2. The van der Waals surface area contributed by atoms with Crippen LogP contribution in [0, 0.1) is 0 Å². The molecule has 0 spiro atoms. The smallest absolute Gasteiger partial charge is 0.252 e.